The lowest BCUT2D eigenvalue weighted by molar-refractivity contribution is 0.383. The Balaban J connectivity index is 2.01. The first kappa shape index (κ1) is 14.7. The largest absolute Gasteiger partial charge is 0.361 e. The molecule has 0 aliphatic heterocycles. The van der Waals surface area contributed by atoms with Gasteiger partial charge in [0.25, 0.3) is 0 Å². The van der Waals surface area contributed by atoms with Gasteiger partial charge in [0.1, 0.15) is 11.6 Å². The Morgan fingerprint density at radius 1 is 1.30 bits per heavy atom. The Kier molecular flexibility index (Phi) is 5.30. The first-order chi connectivity index (χ1) is 9.69. The third kappa shape index (κ3) is 4.17. The van der Waals surface area contributed by atoms with Gasteiger partial charge in [-0.1, -0.05) is 37.1 Å². The standard InChI is InChI=1S/C16H21FN2O/c1-3-4-5-16(13-6-8-14(17)9-7-13)18-11-15-10-12(2)20-19-15/h6-10,16,18H,3-5,11H2,1-2H3. The van der Waals surface area contributed by atoms with Crippen LogP contribution in [0.4, 0.5) is 4.39 Å². The van der Waals surface area contributed by atoms with Crippen molar-refractivity contribution in [1.29, 1.82) is 0 Å². The SMILES string of the molecule is CCCCC(NCc1cc(C)on1)c1ccc(F)cc1. The molecule has 0 radical (unpaired) electrons. The fraction of sp³-hybridized carbons (Fsp3) is 0.438. The molecule has 20 heavy (non-hydrogen) atoms. The fourth-order valence-electron chi connectivity index (χ4n) is 2.22. The predicted molar refractivity (Wildman–Crippen MR) is 76.7 cm³/mol. The van der Waals surface area contributed by atoms with Crippen LogP contribution in [0.1, 0.15) is 49.2 Å². The zero-order valence-electron chi connectivity index (χ0n) is 12.0. The van der Waals surface area contributed by atoms with Gasteiger partial charge < -0.3 is 9.84 Å². The van der Waals surface area contributed by atoms with E-state index < -0.39 is 0 Å². The minimum absolute atomic E-state index is 0.199. The molecule has 1 atom stereocenters. The molecular weight excluding hydrogens is 255 g/mol. The van der Waals surface area contributed by atoms with Crippen molar-refractivity contribution in [1.82, 2.24) is 10.5 Å². The number of hydrogen-bond donors (Lipinski definition) is 1. The summed E-state index contributed by atoms with van der Waals surface area (Å²) in [6, 6.07) is 8.85. The average molecular weight is 276 g/mol. The molecule has 2 aromatic rings. The van der Waals surface area contributed by atoms with Crippen molar-refractivity contribution in [3.63, 3.8) is 0 Å². The van der Waals surface area contributed by atoms with Crippen LogP contribution in [0.15, 0.2) is 34.9 Å². The molecule has 4 heteroatoms. The highest BCUT2D eigenvalue weighted by molar-refractivity contribution is 5.20. The Morgan fingerprint density at radius 2 is 2.05 bits per heavy atom. The van der Waals surface area contributed by atoms with E-state index in [2.05, 4.69) is 17.4 Å². The van der Waals surface area contributed by atoms with Gasteiger partial charge in [0.2, 0.25) is 0 Å². The topological polar surface area (TPSA) is 38.1 Å². The lowest BCUT2D eigenvalue weighted by Crippen LogP contribution is -2.21. The minimum atomic E-state index is -0.199. The van der Waals surface area contributed by atoms with Crippen molar-refractivity contribution in [3.8, 4) is 0 Å². The maximum Gasteiger partial charge on any atom is 0.133 e. The molecule has 0 saturated carbocycles. The number of rotatable bonds is 7. The van der Waals surface area contributed by atoms with Crippen LogP contribution in [0.2, 0.25) is 0 Å². The summed E-state index contributed by atoms with van der Waals surface area (Å²) >= 11 is 0. The molecule has 3 nitrogen and oxygen atoms in total. The predicted octanol–water partition coefficient (Wildman–Crippen LogP) is 4.14. The number of aromatic nitrogens is 1. The molecule has 0 fully saturated rings. The highest BCUT2D eigenvalue weighted by atomic mass is 19.1. The van der Waals surface area contributed by atoms with E-state index in [4.69, 9.17) is 4.52 Å². The number of benzene rings is 1. The number of hydrogen-bond acceptors (Lipinski definition) is 3. The van der Waals surface area contributed by atoms with E-state index in [-0.39, 0.29) is 11.9 Å². The first-order valence-electron chi connectivity index (χ1n) is 7.10. The van der Waals surface area contributed by atoms with Crippen molar-refractivity contribution < 1.29 is 8.91 Å². The molecular formula is C16H21FN2O. The van der Waals surface area contributed by atoms with Gasteiger partial charge in [-0.05, 0) is 31.0 Å². The van der Waals surface area contributed by atoms with Gasteiger partial charge >= 0.3 is 0 Å². The highest BCUT2D eigenvalue weighted by Crippen LogP contribution is 2.20. The molecule has 1 heterocycles. The summed E-state index contributed by atoms with van der Waals surface area (Å²) in [5, 5.41) is 7.45. The van der Waals surface area contributed by atoms with Crippen LogP contribution in [-0.4, -0.2) is 5.16 Å². The molecule has 1 unspecified atom stereocenters. The minimum Gasteiger partial charge on any atom is -0.361 e. The average Bonchev–Trinajstić information content (AvgIpc) is 2.86. The van der Waals surface area contributed by atoms with Crippen molar-refractivity contribution in [3.05, 3.63) is 53.2 Å². The summed E-state index contributed by atoms with van der Waals surface area (Å²) in [5.41, 5.74) is 2.01. The second-order valence-corrected chi connectivity index (χ2v) is 5.06. The number of aryl methyl sites for hydroxylation is 1. The van der Waals surface area contributed by atoms with Crippen LogP contribution in [0.25, 0.3) is 0 Å². The number of nitrogens with zero attached hydrogens (tertiary/aromatic N) is 1. The normalized spacial score (nSPS) is 12.6. The van der Waals surface area contributed by atoms with Crippen LogP contribution in [0, 0.1) is 12.7 Å². The molecule has 1 aromatic carbocycles. The van der Waals surface area contributed by atoms with Gasteiger partial charge in [0.05, 0.1) is 5.69 Å². The van der Waals surface area contributed by atoms with Crippen molar-refractivity contribution >= 4 is 0 Å². The van der Waals surface area contributed by atoms with Crippen molar-refractivity contribution in [2.45, 2.75) is 45.7 Å². The van der Waals surface area contributed by atoms with Crippen LogP contribution in [0.5, 0.6) is 0 Å². The lowest BCUT2D eigenvalue weighted by atomic mass is 10.0. The summed E-state index contributed by atoms with van der Waals surface area (Å²) in [6.45, 7) is 4.71. The summed E-state index contributed by atoms with van der Waals surface area (Å²) in [4.78, 5) is 0. The van der Waals surface area contributed by atoms with Crippen LogP contribution in [0.3, 0.4) is 0 Å². The molecule has 0 bridgehead atoms. The third-order valence-electron chi connectivity index (χ3n) is 3.33. The second-order valence-electron chi connectivity index (χ2n) is 5.06. The Morgan fingerprint density at radius 3 is 2.65 bits per heavy atom. The molecule has 108 valence electrons. The van der Waals surface area contributed by atoms with Crippen molar-refractivity contribution in [2.24, 2.45) is 0 Å². The number of halogens is 1. The quantitative estimate of drug-likeness (QED) is 0.825. The van der Waals surface area contributed by atoms with E-state index in [1.165, 1.54) is 12.1 Å². The van der Waals surface area contributed by atoms with Gasteiger partial charge in [-0.2, -0.15) is 0 Å². The Hall–Kier alpha value is -1.68. The Labute approximate surface area is 119 Å². The van der Waals surface area contributed by atoms with Crippen molar-refractivity contribution in [2.75, 3.05) is 0 Å². The van der Waals surface area contributed by atoms with E-state index in [1.54, 1.807) is 0 Å². The van der Waals surface area contributed by atoms with E-state index >= 15 is 0 Å². The summed E-state index contributed by atoms with van der Waals surface area (Å²) in [6.07, 6.45) is 3.30. The van der Waals surface area contributed by atoms with Gasteiger partial charge in [-0.15, -0.1) is 0 Å². The molecule has 2 rings (SSSR count). The molecule has 0 saturated heterocycles. The lowest BCUT2D eigenvalue weighted by Gasteiger charge is -2.18. The monoisotopic (exact) mass is 276 g/mol. The maximum atomic E-state index is 13.0. The van der Waals surface area contributed by atoms with E-state index in [9.17, 15) is 4.39 Å². The number of nitrogens with one attached hydrogen (secondary N) is 1. The zero-order valence-corrected chi connectivity index (χ0v) is 12.0. The highest BCUT2D eigenvalue weighted by Gasteiger charge is 2.11. The van der Waals surface area contributed by atoms with E-state index in [1.807, 2.05) is 25.1 Å². The third-order valence-corrected chi connectivity index (χ3v) is 3.33. The van der Waals surface area contributed by atoms with Crippen LogP contribution in [-0.2, 0) is 6.54 Å². The molecule has 0 spiro atoms. The zero-order chi connectivity index (χ0) is 14.4. The molecule has 0 amide bonds. The summed E-state index contributed by atoms with van der Waals surface area (Å²) < 4.78 is 18.1. The van der Waals surface area contributed by atoms with Crippen LogP contribution < -0.4 is 5.32 Å². The number of unbranched alkanes of at least 4 members (excludes halogenated alkanes) is 1. The van der Waals surface area contributed by atoms with Gasteiger partial charge in [-0.25, -0.2) is 4.39 Å². The molecule has 0 aliphatic rings. The Bertz CT molecular complexity index is 522. The molecule has 1 aromatic heterocycles. The van der Waals surface area contributed by atoms with Crippen LogP contribution >= 0.6 is 0 Å². The van der Waals surface area contributed by atoms with E-state index in [0.717, 1.165) is 36.3 Å². The summed E-state index contributed by atoms with van der Waals surface area (Å²) in [5.74, 6) is 0.615. The second kappa shape index (κ2) is 7.20. The molecule has 0 aliphatic carbocycles. The fourth-order valence-corrected chi connectivity index (χ4v) is 2.22. The van der Waals surface area contributed by atoms with Gasteiger partial charge in [0.15, 0.2) is 0 Å². The summed E-state index contributed by atoms with van der Waals surface area (Å²) in [7, 11) is 0. The first-order valence-corrected chi connectivity index (χ1v) is 7.10. The molecule has 1 N–H and O–H groups in total. The van der Waals surface area contributed by atoms with Gasteiger partial charge in [-0.3, -0.25) is 0 Å². The van der Waals surface area contributed by atoms with Gasteiger partial charge in [0, 0.05) is 18.7 Å². The van der Waals surface area contributed by atoms with E-state index in [0.29, 0.717) is 6.54 Å². The smallest absolute Gasteiger partial charge is 0.133 e. The maximum absolute atomic E-state index is 13.0.